The first kappa shape index (κ1) is 5.66. The first-order valence-corrected chi connectivity index (χ1v) is 3.47. The number of carbonyl (C=O) groups excluding carboxylic acids is 1. The Morgan fingerprint density at radius 3 is 3.10 bits per heavy atom. The molecule has 50 valence electrons. The smallest absolute Gasteiger partial charge is 0.160 e. The van der Waals surface area contributed by atoms with Gasteiger partial charge in [0.2, 0.25) is 0 Å². The van der Waals surface area contributed by atoms with Crippen LogP contribution in [0.1, 0.15) is 12.8 Å². The van der Waals surface area contributed by atoms with Gasteiger partial charge in [0.15, 0.2) is 5.78 Å². The summed E-state index contributed by atoms with van der Waals surface area (Å²) in [7, 11) is 0. The molecule has 0 aromatic carbocycles. The highest BCUT2D eigenvalue weighted by Gasteiger charge is 2.12. The molecule has 0 N–H and O–H groups in total. The van der Waals surface area contributed by atoms with Crippen molar-refractivity contribution < 1.29 is 4.79 Å². The fourth-order valence-corrected chi connectivity index (χ4v) is 1.34. The van der Waals surface area contributed by atoms with Gasteiger partial charge < -0.3 is 0 Å². The van der Waals surface area contributed by atoms with Gasteiger partial charge in [-0.05, 0) is 23.6 Å². The van der Waals surface area contributed by atoms with Crippen molar-refractivity contribution in [3.8, 4) is 0 Å². The maximum Gasteiger partial charge on any atom is 0.160 e. The number of ketones is 1. The third-order valence-corrected chi connectivity index (χ3v) is 1.87. The van der Waals surface area contributed by atoms with E-state index in [4.69, 9.17) is 0 Å². The minimum absolute atomic E-state index is 0.227. The van der Waals surface area contributed by atoms with Gasteiger partial charge in [-0.25, -0.2) is 0 Å². The fraction of sp³-hybridized carbons (Fsp3) is 0.222. The van der Waals surface area contributed by atoms with Crippen molar-refractivity contribution in [3.63, 3.8) is 0 Å². The predicted molar refractivity (Wildman–Crippen MR) is 39.5 cm³/mol. The van der Waals surface area contributed by atoms with E-state index < -0.39 is 0 Å². The zero-order chi connectivity index (χ0) is 6.97. The van der Waals surface area contributed by atoms with Crippen LogP contribution in [0.25, 0.3) is 0 Å². The standard InChI is InChI=1S/C9H8O/c10-9-5-4-7-2-1-3-8(7)6-9/h1,3-4,6H,2,5H2. The second kappa shape index (κ2) is 1.94. The molecule has 0 spiro atoms. The molecule has 0 amide bonds. The van der Waals surface area contributed by atoms with Gasteiger partial charge in [-0.2, -0.15) is 0 Å². The Bertz CT molecular complexity index is 266. The Labute approximate surface area is 59.7 Å². The monoisotopic (exact) mass is 132 g/mol. The zero-order valence-electron chi connectivity index (χ0n) is 5.63. The molecule has 1 heteroatoms. The Kier molecular flexibility index (Phi) is 1.10. The van der Waals surface area contributed by atoms with Crippen molar-refractivity contribution in [2.75, 3.05) is 0 Å². The van der Waals surface area contributed by atoms with Gasteiger partial charge in [0.25, 0.3) is 0 Å². The number of hydrogen-bond donors (Lipinski definition) is 0. The van der Waals surface area contributed by atoms with E-state index >= 15 is 0 Å². The Morgan fingerprint density at radius 1 is 1.30 bits per heavy atom. The predicted octanol–water partition coefficient (Wildman–Crippen LogP) is 1.77. The van der Waals surface area contributed by atoms with Crippen LogP contribution in [0, 0.1) is 0 Å². The summed E-state index contributed by atoms with van der Waals surface area (Å²) in [6.07, 6.45) is 9.48. The third-order valence-electron chi connectivity index (χ3n) is 1.87. The molecule has 2 aliphatic rings. The van der Waals surface area contributed by atoms with Gasteiger partial charge in [-0.3, -0.25) is 4.79 Å². The highest BCUT2D eigenvalue weighted by Crippen LogP contribution is 2.26. The van der Waals surface area contributed by atoms with E-state index in [-0.39, 0.29) is 5.78 Å². The quantitative estimate of drug-likeness (QED) is 0.491. The van der Waals surface area contributed by atoms with Crippen molar-refractivity contribution in [3.05, 3.63) is 35.5 Å². The van der Waals surface area contributed by atoms with Crippen LogP contribution >= 0.6 is 0 Å². The van der Waals surface area contributed by atoms with Crippen molar-refractivity contribution in [2.24, 2.45) is 0 Å². The van der Waals surface area contributed by atoms with Gasteiger partial charge in [0.1, 0.15) is 0 Å². The molecule has 0 radical (unpaired) electrons. The molecule has 0 unspecified atom stereocenters. The Balaban J connectivity index is 2.42. The third kappa shape index (κ3) is 0.747. The second-order valence-electron chi connectivity index (χ2n) is 2.61. The molecule has 0 bridgehead atoms. The molecular formula is C9H8O. The number of fused-ring (bicyclic) bond motifs is 1. The lowest BCUT2D eigenvalue weighted by atomic mass is 10.00. The second-order valence-corrected chi connectivity index (χ2v) is 2.61. The molecule has 0 aromatic rings. The lowest BCUT2D eigenvalue weighted by molar-refractivity contribution is -0.113. The van der Waals surface area contributed by atoms with Crippen LogP contribution in [-0.4, -0.2) is 5.78 Å². The minimum Gasteiger partial charge on any atom is -0.294 e. The summed E-state index contributed by atoms with van der Waals surface area (Å²) >= 11 is 0. The van der Waals surface area contributed by atoms with Crippen LogP contribution in [0.3, 0.4) is 0 Å². The molecule has 0 aromatic heterocycles. The first-order chi connectivity index (χ1) is 4.86. The molecule has 10 heavy (non-hydrogen) atoms. The molecule has 0 saturated carbocycles. The fourth-order valence-electron chi connectivity index (χ4n) is 1.34. The van der Waals surface area contributed by atoms with Crippen LogP contribution in [-0.2, 0) is 4.79 Å². The minimum atomic E-state index is 0.227. The number of carbonyl (C=O) groups is 1. The number of allylic oxidation sites excluding steroid dienone is 6. The summed E-state index contributed by atoms with van der Waals surface area (Å²) in [6, 6.07) is 0. The summed E-state index contributed by atoms with van der Waals surface area (Å²) < 4.78 is 0. The Morgan fingerprint density at radius 2 is 2.20 bits per heavy atom. The molecule has 0 fully saturated rings. The molecule has 2 aliphatic carbocycles. The van der Waals surface area contributed by atoms with Crippen molar-refractivity contribution in [1.29, 1.82) is 0 Å². The lowest BCUT2D eigenvalue weighted by Crippen LogP contribution is -1.98. The summed E-state index contributed by atoms with van der Waals surface area (Å²) in [5.74, 6) is 0.227. The normalized spacial score (nSPS) is 22.2. The van der Waals surface area contributed by atoms with Crippen molar-refractivity contribution in [2.45, 2.75) is 12.8 Å². The lowest BCUT2D eigenvalue weighted by Gasteiger charge is -2.04. The maximum atomic E-state index is 10.9. The summed E-state index contributed by atoms with van der Waals surface area (Å²) in [5, 5.41) is 0. The summed E-state index contributed by atoms with van der Waals surface area (Å²) in [6.45, 7) is 0. The van der Waals surface area contributed by atoms with Crippen molar-refractivity contribution in [1.82, 2.24) is 0 Å². The zero-order valence-corrected chi connectivity index (χ0v) is 5.63. The average molecular weight is 132 g/mol. The van der Waals surface area contributed by atoms with Gasteiger partial charge in [0, 0.05) is 6.42 Å². The van der Waals surface area contributed by atoms with Crippen LogP contribution in [0.15, 0.2) is 35.5 Å². The highest BCUT2D eigenvalue weighted by molar-refractivity contribution is 5.94. The topological polar surface area (TPSA) is 17.1 Å². The van der Waals surface area contributed by atoms with E-state index in [9.17, 15) is 4.79 Å². The molecule has 2 rings (SSSR count). The van der Waals surface area contributed by atoms with Crippen LogP contribution in [0.2, 0.25) is 0 Å². The van der Waals surface area contributed by atoms with E-state index in [0.29, 0.717) is 6.42 Å². The molecule has 0 atom stereocenters. The van der Waals surface area contributed by atoms with E-state index in [0.717, 1.165) is 12.0 Å². The SMILES string of the molecule is O=C1C=C2C=CCC2=CC1. The van der Waals surface area contributed by atoms with Crippen molar-refractivity contribution >= 4 is 5.78 Å². The number of rotatable bonds is 0. The average Bonchev–Trinajstić information content (AvgIpc) is 2.33. The molecule has 0 heterocycles. The maximum absolute atomic E-state index is 10.9. The molecule has 0 aliphatic heterocycles. The van der Waals surface area contributed by atoms with E-state index in [1.54, 1.807) is 6.08 Å². The molecular weight excluding hydrogens is 124 g/mol. The van der Waals surface area contributed by atoms with Gasteiger partial charge >= 0.3 is 0 Å². The van der Waals surface area contributed by atoms with Gasteiger partial charge in [0.05, 0.1) is 0 Å². The first-order valence-electron chi connectivity index (χ1n) is 3.47. The highest BCUT2D eigenvalue weighted by atomic mass is 16.1. The van der Waals surface area contributed by atoms with E-state index in [1.165, 1.54) is 5.57 Å². The van der Waals surface area contributed by atoms with Crippen LogP contribution in [0.5, 0.6) is 0 Å². The van der Waals surface area contributed by atoms with E-state index in [2.05, 4.69) is 6.08 Å². The summed E-state index contributed by atoms with van der Waals surface area (Å²) in [5.41, 5.74) is 2.44. The molecule has 0 saturated heterocycles. The number of hydrogen-bond acceptors (Lipinski definition) is 1. The van der Waals surface area contributed by atoms with Gasteiger partial charge in [-0.15, -0.1) is 0 Å². The molecule has 1 nitrogen and oxygen atoms in total. The van der Waals surface area contributed by atoms with E-state index in [1.807, 2.05) is 12.2 Å². The van der Waals surface area contributed by atoms with Crippen LogP contribution < -0.4 is 0 Å². The van der Waals surface area contributed by atoms with Crippen LogP contribution in [0.4, 0.5) is 0 Å². The van der Waals surface area contributed by atoms with Gasteiger partial charge in [-0.1, -0.05) is 18.2 Å². The Hall–Kier alpha value is -1.11. The summed E-state index contributed by atoms with van der Waals surface area (Å²) in [4.78, 5) is 10.9. The largest absolute Gasteiger partial charge is 0.294 e.